The third kappa shape index (κ3) is 4.77. The number of nitrogens with one attached hydrogen (secondary N) is 1. The van der Waals surface area contributed by atoms with Gasteiger partial charge in [-0.2, -0.15) is 0 Å². The van der Waals surface area contributed by atoms with Crippen molar-refractivity contribution < 1.29 is 9.90 Å². The van der Waals surface area contributed by atoms with Crippen LogP contribution in [-0.2, 0) is 11.2 Å². The molecule has 1 aliphatic rings. The molecule has 2 N–H and O–H groups in total. The number of aromatic amines is 1. The van der Waals surface area contributed by atoms with Gasteiger partial charge in [-0.05, 0) is 61.1 Å². The molecule has 1 saturated carbocycles. The molecule has 0 saturated heterocycles. The van der Waals surface area contributed by atoms with Gasteiger partial charge >= 0.3 is 5.97 Å². The number of carboxylic acid groups (broad SMARTS) is 1. The van der Waals surface area contributed by atoms with Crippen LogP contribution in [0.3, 0.4) is 0 Å². The van der Waals surface area contributed by atoms with Gasteiger partial charge in [0.1, 0.15) is 5.82 Å². The molecule has 33 heavy (non-hydrogen) atoms. The molecule has 3 aromatic rings. The van der Waals surface area contributed by atoms with E-state index >= 15 is 0 Å². The fraction of sp³-hybridized carbons (Fsp3) is 0.462. The van der Waals surface area contributed by atoms with Crippen LogP contribution < -0.4 is 5.56 Å². The van der Waals surface area contributed by atoms with E-state index in [-0.39, 0.29) is 11.5 Å². The molecule has 7 heteroatoms. The van der Waals surface area contributed by atoms with Crippen LogP contribution in [0.5, 0.6) is 0 Å². The lowest BCUT2D eigenvalue weighted by Crippen LogP contribution is -2.26. The summed E-state index contributed by atoms with van der Waals surface area (Å²) in [6.07, 6.45) is 7.67. The molecule has 0 bridgehead atoms. The second-order valence-electron chi connectivity index (χ2n) is 10.0. The number of rotatable bonds is 5. The molecule has 0 amide bonds. The molecule has 2 aromatic heterocycles. The largest absolute Gasteiger partial charge is 0.478 e. The van der Waals surface area contributed by atoms with Gasteiger partial charge in [-0.1, -0.05) is 45.9 Å². The van der Waals surface area contributed by atoms with Crippen molar-refractivity contribution in [2.45, 2.75) is 65.7 Å². The molecule has 1 aliphatic carbocycles. The number of aliphatic carboxylic acids is 1. The van der Waals surface area contributed by atoms with E-state index in [1.165, 1.54) is 6.08 Å². The molecule has 0 aliphatic heterocycles. The third-order valence-corrected chi connectivity index (χ3v) is 6.83. The van der Waals surface area contributed by atoms with Crippen LogP contribution in [-0.4, -0.2) is 30.7 Å². The number of hydrogen-bond acceptors (Lipinski definition) is 4. The molecule has 0 unspecified atom stereocenters. The zero-order chi connectivity index (χ0) is 23.8. The second kappa shape index (κ2) is 8.96. The Kier molecular flexibility index (Phi) is 6.23. The first-order valence-corrected chi connectivity index (χ1v) is 11.7. The van der Waals surface area contributed by atoms with Crippen molar-refractivity contribution >= 4 is 17.6 Å². The Labute approximate surface area is 193 Å². The van der Waals surface area contributed by atoms with Crippen LogP contribution in [0.1, 0.15) is 76.4 Å². The maximum Gasteiger partial charge on any atom is 0.328 e. The molecule has 2 heterocycles. The number of H-pyrrole nitrogens is 1. The van der Waals surface area contributed by atoms with E-state index in [2.05, 4.69) is 25.8 Å². The SMILES string of the molecule is CCc1nc(C2CCC(C(C)(C)C)CC2)n2nc(-c3cccc(C=CC(=O)O)c3)[nH]c(=O)c12. The number of imidazole rings is 1. The first-order valence-electron chi connectivity index (χ1n) is 11.7. The van der Waals surface area contributed by atoms with Crippen LogP contribution in [0.15, 0.2) is 35.1 Å². The summed E-state index contributed by atoms with van der Waals surface area (Å²) in [5.74, 6) is 1.29. The zero-order valence-corrected chi connectivity index (χ0v) is 19.8. The standard InChI is InChI=1S/C26H32N4O3/c1-5-20-22-25(33)28-23(18-8-6-7-16(15-18)9-14-21(31)32)29-30(22)24(27-20)17-10-12-19(13-11-17)26(2,3)4/h6-9,14-15,17,19H,5,10-13H2,1-4H3,(H,31,32)(H,28,29,33). The lowest BCUT2D eigenvalue weighted by atomic mass is 9.70. The van der Waals surface area contributed by atoms with Crippen LogP contribution in [0, 0.1) is 11.3 Å². The highest BCUT2D eigenvalue weighted by molar-refractivity contribution is 5.85. The van der Waals surface area contributed by atoms with Gasteiger partial charge in [0, 0.05) is 17.6 Å². The van der Waals surface area contributed by atoms with Gasteiger partial charge in [0.15, 0.2) is 11.3 Å². The summed E-state index contributed by atoms with van der Waals surface area (Å²) in [6.45, 7) is 8.94. The molecular formula is C26H32N4O3. The molecule has 1 fully saturated rings. The highest BCUT2D eigenvalue weighted by Crippen LogP contribution is 2.43. The summed E-state index contributed by atoms with van der Waals surface area (Å²) in [6, 6.07) is 7.30. The number of aromatic nitrogens is 4. The van der Waals surface area contributed by atoms with Crippen molar-refractivity contribution in [3.8, 4) is 11.4 Å². The maximum atomic E-state index is 13.1. The highest BCUT2D eigenvalue weighted by atomic mass is 16.4. The van der Waals surface area contributed by atoms with Crippen molar-refractivity contribution in [1.82, 2.24) is 19.6 Å². The summed E-state index contributed by atoms with van der Waals surface area (Å²) in [7, 11) is 0. The predicted molar refractivity (Wildman–Crippen MR) is 129 cm³/mol. The summed E-state index contributed by atoms with van der Waals surface area (Å²) in [4.78, 5) is 31.7. The number of aryl methyl sites for hydroxylation is 1. The number of fused-ring (bicyclic) bond motifs is 1. The fourth-order valence-corrected chi connectivity index (χ4v) is 4.91. The Hall–Kier alpha value is -3.22. The van der Waals surface area contributed by atoms with Crippen molar-refractivity contribution in [1.29, 1.82) is 0 Å². The lowest BCUT2D eigenvalue weighted by molar-refractivity contribution is -0.131. The van der Waals surface area contributed by atoms with E-state index in [1.54, 1.807) is 4.52 Å². The van der Waals surface area contributed by atoms with Crippen molar-refractivity contribution in [3.05, 3.63) is 57.8 Å². The summed E-state index contributed by atoms with van der Waals surface area (Å²) in [5, 5.41) is 13.7. The molecule has 174 valence electrons. The fourth-order valence-electron chi connectivity index (χ4n) is 4.91. The summed E-state index contributed by atoms with van der Waals surface area (Å²) >= 11 is 0. The van der Waals surface area contributed by atoms with Crippen LogP contribution in [0.25, 0.3) is 23.0 Å². The van der Waals surface area contributed by atoms with Crippen LogP contribution in [0.4, 0.5) is 0 Å². The Balaban J connectivity index is 1.75. The van der Waals surface area contributed by atoms with E-state index in [1.807, 2.05) is 31.2 Å². The first kappa shape index (κ1) is 23.0. The Morgan fingerprint density at radius 1 is 1.24 bits per heavy atom. The number of hydrogen-bond donors (Lipinski definition) is 2. The monoisotopic (exact) mass is 448 g/mol. The second-order valence-corrected chi connectivity index (χ2v) is 10.0. The Morgan fingerprint density at radius 3 is 2.61 bits per heavy atom. The minimum Gasteiger partial charge on any atom is -0.478 e. The minimum absolute atomic E-state index is 0.203. The molecule has 0 atom stereocenters. The van der Waals surface area contributed by atoms with Gasteiger partial charge < -0.3 is 10.1 Å². The third-order valence-electron chi connectivity index (χ3n) is 6.83. The predicted octanol–water partition coefficient (Wildman–Crippen LogP) is 5.06. The van der Waals surface area contributed by atoms with Crippen molar-refractivity contribution in [2.24, 2.45) is 11.3 Å². The Morgan fingerprint density at radius 2 is 1.97 bits per heavy atom. The van der Waals surface area contributed by atoms with E-state index in [0.29, 0.717) is 29.1 Å². The Bertz CT molecular complexity index is 1250. The van der Waals surface area contributed by atoms with Gasteiger partial charge in [-0.3, -0.25) is 4.79 Å². The van der Waals surface area contributed by atoms with Gasteiger partial charge in [-0.15, -0.1) is 5.10 Å². The minimum atomic E-state index is -1.01. The molecule has 1 aromatic carbocycles. The number of nitrogens with zero attached hydrogens (tertiary/aromatic N) is 3. The first-order chi connectivity index (χ1) is 15.7. The van der Waals surface area contributed by atoms with Crippen molar-refractivity contribution in [2.75, 3.05) is 0 Å². The topological polar surface area (TPSA) is 100 Å². The average Bonchev–Trinajstić information content (AvgIpc) is 3.17. The van der Waals surface area contributed by atoms with Crippen molar-refractivity contribution in [3.63, 3.8) is 0 Å². The average molecular weight is 449 g/mol. The quantitative estimate of drug-likeness (QED) is 0.531. The number of carboxylic acids is 1. The molecular weight excluding hydrogens is 416 g/mol. The number of benzene rings is 1. The van der Waals surface area contributed by atoms with Gasteiger partial charge in [-0.25, -0.2) is 14.3 Å². The van der Waals surface area contributed by atoms with Crippen LogP contribution in [0.2, 0.25) is 0 Å². The van der Waals surface area contributed by atoms with Gasteiger partial charge in [0.05, 0.1) is 5.69 Å². The van der Waals surface area contributed by atoms with E-state index in [0.717, 1.165) is 54.4 Å². The maximum absolute atomic E-state index is 13.1. The highest BCUT2D eigenvalue weighted by Gasteiger charge is 2.32. The van der Waals surface area contributed by atoms with E-state index < -0.39 is 5.97 Å². The molecule has 0 radical (unpaired) electrons. The van der Waals surface area contributed by atoms with Crippen LogP contribution >= 0.6 is 0 Å². The van der Waals surface area contributed by atoms with E-state index in [4.69, 9.17) is 15.2 Å². The van der Waals surface area contributed by atoms with E-state index in [9.17, 15) is 9.59 Å². The van der Waals surface area contributed by atoms with Gasteiger partial charge in [0.2, 0.25) is 0 Å². The zero-order valence-electron chi connectivity index (χ0n) is 19.8. The normalized spacial score (nSPS) is 19.4. The van der Waals surface area contributed by atoms with Gasteiger partial charge in [0.25, 0.3) is 5.56 Å². The molecule has 4 rings (SSSR count). The molecule has 0 spiro atoms. The summed E-state index contributed by atoms with van der Waals surface area (Å²) < 4.78 is 1.76. The smallest absolute Gasteiger partial charge is 0.328 e. The summed E-state index contributed by atoms with van der Waals surface area (Å²) in [5.41, 5.74) is 2.84. The lowest BCUT2D eigenvalue weighted by Gasteiger charge is -2.36. The molecule has 7 nitrogen and oxygen atoms in total. The number of carbonyl (C=O) groups is 1.